The van der Waals surface area contributed by atoms with Gasteiger partial charge in [-0.15, -0.1) is 0 Å². The van der Waals surface area contributed by atoms with Gasteiger partial charge in [0.1, 0.15) is 0 Å². The molecule has 1 aliphatic heterocycles. The number of allylic oxidation sites excluding steroid dienone is 7. The lowest BCUT2D eigenvalue weighted by Gasteiger charge is -2.24. The zero-order valence-electron chi connectivity index (χ0n) is 20.6. The molecule has 1 heterocycles. The van der Waals surface area contributed by atoms with E-state index >= 15 is 0 Å². The summed E-state index contributed by atoms with van der Waals surface area (Å²) in [4.78, 5) is 1.37. The van der Waals surface area contributed by atoms with Gasteiger partial charge in [-0.1, -0.05) is 18.2 Å². The van der Waals surface area contributed by atoms with E-state index in [4.69, 9.17) is 9.47 Å². The number of nitrogens with two attached hydrogens (primary N) is 1. The molecule has 0 spiro atoms. The van der Waals surface area contributed by atoms with Crippen LogP contribution in [0, 0.1) is 0 Å². The van der Waals surface area contributed by atoms with E-state index in [0.29, 0.717) is 0 Å². The van der Waals surface area contributed by atoms with Crippen molar-refractivity contribution < 1.29 is 17.9 Å². The quantitative estimate of drug-likeness (QED) is 0.509. The highest BCUT2D eigenvalue weighted by Gasteiger charge is 2.18. The summed E-state index contributed by atoms with van der Waals surface area (Å²) in [7, 11) is -1.49. The molecule has 184 valence electrons. The molecule has 8 heteroatoms. The summed E-state index contributed by atoms with van der Waals surface area (Å²) in [5, 5.41) is 4.20. The van der Waals surface area contributed by atoms with Crippen LogP contribution in [0.15, 0.2) is 46.1 Å². The fourth-order valence-corrected chi connectivity index (χ4v) is 3.75. The summed E-state index contributed by atoms with van der Waals surface area (Å²) in [6, 6.07) is 0. The smallest absolute Gasteiger partial charge is 0.211 e. The van der Waals surface area contributed by atoms with Crippen LogP contribution >= 0.6 is 11.9 Å². The number of primary sulfonamides is 1. The van der Waals surface area contributed by atoms with Crippen LogP contribution < -0.4 is 9.86 Å². The van der Waals surface area contributed by atoms with Gasteiger partial charge in [-0.05, 0) is 95.9 Å². The largest absolute Gasteiger partial charge is 0.501 e. The number of nitrogens with one attached hydrogen (secondary N) is 1. The van der Waals surface area contributed by atoms with Gasteiger partial charge in [-0.3, -0.25) is 4.72 Å². The average Bonchev–Trinajstić information content (AvgIpc) is 3.32. The maximum atomic E-state index is 10.1. The molecule has 0 saturated carbocycles. The van der Waals surface area contributed by atoms with Crippen LogP contribution in [-0.4, -0.2) is 39.5 Å². The monoisotopic (exact) mass is 486 g/mol. The van der Waals surface area contributed by atoms with E-state index in [0.717, 1.165) is 44.7 Å². The zero-order chi connectivity index (χ0) is 24.2. The first-order valence-electron chi connectivity index (χ1n) is 11.3. The topological polar surface area (TPSA) is 90.7 Å². The molecule has 0 radical (unpaired) electrons. The van der Waals surface area contributed by atoms with Crippen LogP contribution in [0.1, 0.15) is 73.1 Å². The number of hydrogen-bond donors (Lipinski definition) is 2. The molecule has 1 fully saturated rings. The highest BCUT2D eigenvalue weighted by molar-refractivity contribution is 8.01. The third-order valence-electron chi connectivity index (χ3n) is 4.84. The predicted molar refractivity (Wildman–Crippen MR) is 137 cm³/mol. The molecule has 1 saturated heterocycles. The minimum atomic E-state index is -3.24. The lowest BCUT2D eigenvalue weighted by molar-refractivity contribution is 0.198. The molecule has 0 atom stereocenters. The van der Waals surface area contributed by atoms with Crippen LogP contribution in [0.3, 0.4) is 0 Å². The van der Waals surface area contributed by atoms with Gasteiger partial charge in [0.05, 0.1) is 18.1 Å². The third-order valence-corrected chi connectivity index (χ3v) is 7.47. The number of hydrogen-bond acceptors (Lipinski definition) is 6. The molecule has 3 aliphatic rings. The van der Waals surface area contributed by atoms with Crippen molar-refractivity contribution in [2.75, 3.05) is 20.3 Å². The normalized spacial score (nSPS) is 18.9. The summed E-state index contributed by atoms with van der Waals surface area (Å²) < 4.78 is 34.0. The van der Waals surface area contributed by atoms with Gasteiger partial charge in [-0.2, -0.15) is 0 Å². The van der Waals surface area contributed by atoms with Crippen molar-refractivity contribution in [3.05, 3.63) is 46.1 Å². The van der Waals surface area contributed by atoms with Crippen LogP contribution in [0.4, 0.5) is 0 Å². The first kappa shape index (κ1) is 29.0. The SMILES string of the molecule is C1CCOC1.CC(C)S(N)(=O)=O.COC1=CC=C(C2=C(SNC(C)(C)C)C=CCC2)CC1. The Bertz CT molecular complexity index is 793. The van der Waals surface area contributed by atoms with Gasteiger partial charge in [0.2, 0.25) is 10.0 Å². The molecular weight excluding hydrogens is 444 g/mol. The summed E-state index contributed by atoms with van der Waals surface area (Å²) in [5.74, 6) is 1.09. The number of methoxy groups -OCH3 is 1. The molecular formula is C24H42N2O4S2. The van der Waals surface area contributed by atoms with Crippen LogP contribution in [0.2, 0.25) is 0 Å². The van der Waals surface area contributed by atoms with Crippen molar-refractivity contribution in [2.24, 2.45) is 5.14 Å². The van der Waals surface area contributed by atoms with Crippen LogP contribution in [0.25, 0.3) is 0 Å². The Hall–Kier alpha value is -1.06. The third kappa shape index (κ3) is 12.3. The molecule has 3 rings (SSSR count). The second-order valence-electron chi connectivity index (χ2n) is 9.22. The van der Waals surface area contributed by atoms with E-state index in [-0.39, 0.29) is 5.54 Å². The summed E-state index contributed by atoms with van der Waals surface area (Å²) in [6.45, 7) is 11.7. The zero-order valence-corrected chi connectivity index (χ0v) is 22.2. The maximum Gasteiger partial charge on any atom is 0.211 e. The van der Waals surface area contributed by atoms with Gasteiger partial charge in [0.25, 0.3) is 0 Å². The molecule has 0 bridgehead atoms. The first-order chi connectivity index (χ1) is 14.9. The standard InChI is InChI=1S/C17H25NOS.C4H8O.C3H9NO2S/c1-17(2,3)18-20-16-8-6-5-7-15(16)13-9-11-14(19-4)12-10-13;1-2-4-5-3-1;1-3(2)7(4,5)6/h6,8-9,11,18H,5,7,10,12H2,1-4H3;1-4H2;3H,1-2H3,(H2,4,5,6). The number of rotatable bonds is 5. The molecule has 0 unspecified atom stereocenters. The molecule has 0 aromatic rings. The molecule has 32 heavy (non-hydrogen) atoms. The second kappa shape index (κ2) is 14.3. The second-order valence-corrected chi connectivity index (χ2v) is 12.2. The maximum absolute atomic E-state index is 10.1. The van der Waals surface area contributed by atoms with Crippen molar-refractivity contribution in [2.45, 2.75) is 83.9 Å². The summed E-state index contributed by atoms with van der Waals surface area (Å²) in [5.41, 5.74) is 3.09. The Balaban J connectivity index is 0.000000348. The minimum absolute atomic E-state index is 0.123. The fourth-order valence-electron chi connectivity index (χ4n) is 2.81. The van der Waals surface area contributed by atoms with Gasteiger partial charge in [0, 0.05) is 30.1 Å². The molecule has 0 amide bonds. The van der Waals surface area contributed by atoms with Gasteiger partial charge in [-0.25, -0.2) is 13.6 Å². The van der Waals surface area contributed by atoms with E-state index in [1.807, 2.05) is 0 Å². The molecule has 0 aromatic heterocycles. The lowest BCUT2D eigenvalue weighted by atomic mass is 9.91. The Morgan fingerprint density at radius 3 is 2.16 bits per heavy atom. The number of ether oxygens (including phenoxy) is 2. The minimum Gasteiger partial charge on any atom is -0.501 e. The molecule has 2 aliphatic carbocycles. The summed E-state index contributed by atoms with van der Waals surface area (Å²) in [6.07, 6.45) is 15.8. The van der Waals surface area contributed by atoms with E-state index in [1.54, 1.807) is 19.1 Å². The summed E-state index contributed by atoms with van der Waals surface area (Å²) >= 11 is 1.76. The van der Waals surface area contributed by atoms with Crippen LogP contribution in [0.5, 0.6) is 0 Å². The van der Waals surface area contributed by atoms with E-state index in [2.05, 4.69) is 54.9 Å². The van der Waals surface area contributed by atoms with E-state index in [9.17, 15) is 8.42 Å². The first-order valence-corrected chi connectivity index (χ1v) is 13.7. The van der Waals surface area contributed by atoms with E-state index in [1.165, 1.54) is 42.7 Å². The Kier molecular flexibility index (Phi) is 12.9. The highest BCUT2D eigenvalue weighted by atomic mass is 32.2. The van der Waals surface area contributed by atoms with Crippen LogP contribution in [-0.2, 0) is 19.5 Å². The Labute approximate surface area is 200 Å². The van der Waals surface area contributed by atoms with Gasteiger partial charge in [0.15, 0.2) is 0 Å². The van der Waals surface area contributed by atoms with Crippen molar-refractivity contribution in [3.8, 4) is 0 Å². The van der Waals surface area contributed by atoms with Crippen molar-refractivity contribution >= 4 is 22.0 Å². The molecule has 6 nitrogen and oxygen atoms in total. The van der Waals surface area contributed by atoms with E-state index < -0.39 is 15.3 Å². The average molecular weight is 487 g/mol. The Morgan fingerprint density at radius 1 is 1.12 bits per heavy atom. The Morgan fingerprint density at radius 2 is 1.75 bits per heavy atom. The van der Waals surface area contributed by atoms with Gasteiger partial charge < -0.3 is 9.47 Å². The van der Waals surface area contributed by atoms with Gasteiger partial charge >= 0.3 is 0 Å². The lowest BCUT2D eigenvalue weighted by Crippen LogP contribution is -2.30. The molecule has 0 aromatic carbocycles. The highest BCUT2D eigenvalue weighted by Crippen LogP contribution is 2.36. The van der Waals surface area contributed by atoms with Crippen molar-refractivity contribution in [3.63, 3.8) is 0 Å². The fraction of sp³-hybridized carbons (Fsp3) is 0.667. The molecule has 3 N–H and O–H groups in total. The predicted octanol–water partition coefficient (Wildman–Crippen LogP) is 5.36. The number of sulfonamides is 1. The van der Waals surface area contributed by atoms with Crippen molar-refractivity contribution in [1.82, 2.24) is 4.72 Å². The van der Waals surface area contributed by atoms with Crippen molar-refractivity contribution in [1.29, 1.82) is 0 Å².